The number of aromatic nitrogens is 5. The molecule has 1 fully saturated rings. The summed E-state index contributed by atoms with van der Waals surface area (Å²) in [5, 5.41) is 25.1. The molecule has 2 aliphatic heterocycles. The van der Waals surface area contributed by atoms with Gasteiger partial charge in [-0.1, -0.05) is 6.07 Å². The molecule has 4 heterocycles. The van der Waals surface area contributed by atoms with Crippen LogP contribution in [0.25, 0.3) is 5.69 Å². The Morgan fingerprint density at radius 3 is 2.80 bits per heavy atom. The fourth-order valence-electron chi connectivity index (χ4n) is 4.78. The normalized spacial score (nSPS) is 17.2. The van der Waals surface area contributed by atoms with Gasteiger partial charge in [-0.25, -0.2) is 9.78 Å². The number of rotatable bonds is 6. The maximum atomic E-state index is 12.8. The third-order valence-electron chi connectivity index (χ3n) is 6.83. The van der Waals surface area contributed by atoms with Crippen LogP contribution in [-0.2, 0) is 11.3 Å². The Morgan fingerprint density at radius 1 is 1.29 bits per heavy atom. The van der Waals surface area contributed by atoms with Crippen molar-refractivity contribution in [1.82, 2.24) is 35.4 Å². The van der Waals surface area contributed by atoms with Crippen LogP contribution in [0, 0.1) is 13.8 Å². The first kappa shape index (κ1) is 23.1. The molecule has 35 heavy (non-hydrogen) atoms. The number of pyridine rings is 1. The van der Waals surface area contributed by atoms with Crippen molar-refractivity contribution in [2.24, 2.45) is 0 Å². The lowest BCUT2D eigenvalue weighted by Gasteiger charge is -2.33. The predicted molar refractivity (Wildman–Crippen MR) is 124 cm³/mol. The SMILES string of the molecule is Cc1cc(C(=O)NC2CCN(CC(O)c3ccc4c(c3C)COC4=O)CC2)ncc1-n1cnnn1. The molecule has 1 amide bonds. The van der Waals surface area contributed by atoms with E-state index in [1.807, 2.05) is 19.9 Å². The van der Waals surface area contributed by atoms with Crippen molar-refractivity contribution in [3.05, 3.63) is 64.2 Å². The van der Waals surface area contributed by atoms with E-state index in [-0.39, 0.29) is 24.5 Å². The summed E-state index contributed by atoms with van der Waals surface area (Å²) in [5.41, 5.74) is 5.11. The average molecular weight is 478 g/mol. The van der Waals surface area contributed by atoms with Crippen molar-refractivity contribution in [2.45, 2.75) is 45.4 Å². The van der Waals surface area contributed by atoms with E-state index in [0.29, 0.717) is 17.8 Å². The number of nitrogens with one attached hydrogen (secondary N) is 1. The zero-order chi connectivity index (χ0) is 24.5. The molecule has 0 saturated carbocycles. The Morgan fingerprint density at radius 2 is 2.09 bits per heavy atom. The lowest BCUT2D eigenvalue weighted by Crippen LogP contribution is -2.45. The second kappa shape index (κ2) is 9.51. The Bertz CT molecular complexity index is 1250. The number of aliphatic hydroxyl groups excluding tert-OH is 1. The van der Waals surface area contributed by atoms with Crippen molar-refractivity contribution in [3.63, 3.8) is 0 Å². The van der Waals surface area contributed by atoms with Crippen molar-refractivity contribution < 1.29 is 19.4 Å². The van der Waals surface area contributed by atoms with E-state index >= 15 is 0 Å². The topological polar surface area (TPSA) is 135 Å². The molecule has 1 aromatic carbocycles. The summed E-state index contributed by atoms with van der Waals surface area (Å²) in [6.45, 7) is 6.09. The molecule has 0 spiro atoms. The average Bonchev–Trinajstić information content (AvgIpc) is 3.51. The van der Waals surface area contributed by atoms with E-state index in [0.717, 1.165) is 53.9 Å². The van der Waals surface area contributed by atoms with Crippen molar-refractivity contribution in [3.8, 4) is 5.69 Å². The minimum absolute atomic E-state index is 0.0436. The number of hydrogen-bond acceptors (Lipinski definition) is 9. The number of aryl methyl sites for hydroxylation is 1. The zero-order valence-corrected chi connectivity index (χ0v) is 19.6. The van der Waals surface area contributed by atoms with Crippen LogP contribution in [0.1, 0.15) is 62.0 Å². The summed E-state index contributed by atoms with van der Waals surface area (Å²) in [6.07, 6.45) is 3.98. The third-order valence-corrected chi connectivity index (χ3v) is 6.83. The summed E-state index contributed by atoms with van der Waals surface area (Å²) in [4.78, 5) is 31.0. The highest BCUT2D eigenvalue weighted by atomic mass is 16.5. The molecular weight excluding hydrogens is 450 g/mol. The molecule has 1 atom stereocenters. The van der Waals surface area contributed by atoms with Gasteiger partial charge in [-0.2, -0.15) is 4.68 Å². The van der Waals surface area contributed by atoms with E-state index in [1.54, 1.807) is 18.3 Å². The van der Waals surface area contributed by atoms with E-state index in [2.05, 4.69) is 30.7 Å². The number of β-amino-alcohol motifs (C(OH)–C–C–N with tert-alkyl or cyclic N) is 1. The lowest BCUT2D eigenvalue weighted by molar-refractivity contribution is 0.0534. The Labute approximate surface area is 202 Å². The second-order valence-corrected chi connectivity index (χ2v) is 9.06. The number of piperidine rings is 1. The van der Waals surface area contributed by atoms with Gasteiger partial charge in [0.05, 0.1) is 23.6 Å². The van der Waals surface area contributed by atoms with Crippen LogP contribution in [0.4, 0.5) is 0 Å². The maximum absolute atomic E-state index is 12.8. The quantitative estimate of drug-likeness (QED) is 0.503. The number of esters is 1. The molecule has 11 heteroatoms. The van der Waals surface area contributed by atoms with Gasteiger partial charge in [-0.15, -0.1) is 5.10 Å². The number of hydrogen-bond donors (Lipinski definition) is 2. The number of tetrazole rings is 1. The molecule has 0 bridgehead atoms. The van der Waals surface area contributed by atoms with E-state index in [4.69, 9.17) is 4.74 Å². The standard InChI is InChI=1S/C24H27N7O4/c1-14-9-20(25-10-21(14)31-13-26-28-29-31)23(33)27-16-5-7-30(8-6-16)11-22(32)17-3-4-18-19(15(17)2)12-35-24(18)34/h3-4,9-10,13,16,22,32H,5-8,11-12H2,1-2H3,(H,27,33). The van der Waals surface area contributed by atoms with Crippen LogP contribution in [0.5, 0.6) is 0 Å². The molecule has 11 nitrogen and oxygen atoms in total. The van der Waals surface area contributed by atoms with Gasteiger partial charge in [0.25, 0.3) is 5.91 Å². The molecule has 182 valence electrons. The number of fused-ring (bicyclic) bond motifs is 1. The summed E-state index contributed by atoms with van der Waals surface area (Å²) >= 11 is 0. The van der Waals surface area contributed by atoms with Crippen molar-refractivity contribution >= 4 is 11.9 Å². The highest BCUT2D eigenvalue weighted by Gasteiger charge is 2.28. The molecule has 2 aliphatic rings. The summed E-state index contributed by atoms with van der Waals surface area (Å²) in [7, 11) is 0. The number of amides is 1. The molecule has 1 unspecified atom stereocenters. The molecular formula is C24H27N7O4. The largest absolute Gasteiger partial charge is 0.457 e. The number of aliphatic hydroxyl groups is 1. The van der Waals surface area contributed by atoms with Crippen molar-refractivity contribution in [1.29, 1.82) is 0 Å². The Hall–Kier alpha value is -3.70. The molecule has 0 radical (unpaired) electrons. The number of carbonyl (C=O) groups is 2. The van der Waals surface area contributed by atoms with Crippen LogP contribution < -0.4 is 5.32 Å². The fraction of sp³-hybridized carbons (Fsp3) is 0.417. The number of carbonyl (C=O) groups excluding carboxylic acids is 2. The first-order chi connectivity index (χ1) is 16.9. The Balaban J connectivity index is 1.14. The van der Waals surface area contributed by atoms with Gasteiger partial charge < -0.3 is 20.1 Å². The van der Waals surface area contributed by atoms with E-state index < -0.39 is 6.10 Å². The lowest BCUT2D eigenvalue weighted by atomic mass is 9.94. The van der Waals surface area contributed by atoms with Gasteiger partial charge in [-0.05, 0) is 65.9 Å². The van der Waals surface area contributed by atoms with Gasteiger partial charge >= 0.3 is 5.97 Å². The zero-order valence-electron chi connectivity index (χ0n) is 19.6. The molecule has 2 aromatic heterocycles. The van der Waals surface area contributed by atoms with Gasteiger partial charge in [0, 0.05) is 31.2 Å². The number of likely N-dealkylation sites (tertiary alicyclic amines) is 1. The number of cyclic esters (lactones) is 1. The first-order valence-corrected chi connectivity index (χ1v) is 11.6. The molecule has 3 aromatic rings. The van der Waals surface area contributed by atoms with Gasteiger partial charge in [0.2, 0.25) is 0 Å². The summed E-state index contributed by atoms with van der Waals surface area (Å²) in [5.74, 6) is -0.512. The number of benzene rings is 1. The summed E-state index contributed by atoms with van der Waals surface area (Å²) in [6, 6.07) is 5.33. The second-order valence-electron chi connectivity index (χ2n) is 9.06. The van der Waals surface area contributed by atoms with E-state index in [1.165, 1.54) is 11.0 Å². The minimum Gasteiger partial charge on any atom is -0.457 e. The molecule has 1 saturated heterocycles. The smallest absolute Gasteiger partial charge is 0.338 e. The minimum atomic E-state index is -0.659. The molecule has 0 aliphatic carbocycles. The van der Waals surface area contributed by atoms with Crippen LogP contribution >= 0.6 is 0 Å². The van der Waals surface area contributed by atoms with Crippen LogP contribution in [0.2, 0.25) is 0 Å². The molecule has 2 N–H and O–H groups in total. The fourth-order valence-corrected chi connectivity index (χ4v) is 4.78. The van der Waals surface area contributed by atoms with E-state index in [9.17, 15) is 14.7 Å². The summed E-state index contributed by atoms with van der Waals surface area (Å²) < 4.78 is 6.62. The number of ether oxygens (including phenoxy) is 1. The van der Waals surface area contributed by atoms with Crippen LogP contribution in [0.15, 0.2) is 30.7 Å². The van der Waals surface area contributed by atoms with Crippen LogP contribution in [0.3, 0.4) is 0 Å². The maximum Gasteiger partial charge on any atom is 0.338 e. The monoisotopic (exact) mass is 477 g/mol. The highest BCUT2D eigenvalue weighted by molar-refractivity contribution is 5.94. The first-order valence-electron chi connectivity index (χ1n) is 11.6. The van der Waals surface area contributed by atoms with Gasteiger partial charge in [-0.3, -0.25) is 4.79 Å². The highest BCUT2D eigenvalue weighted by Crippen LogP contribution is 2.29. The molecule has 5 rings (SSSR count). The third kappa shape index (κ3) is 4.64. The Kier molecular flexibility index (Phi) is 6.27. The number of nitrogens with zero attached hydrogens (tertiary/aromatic N) is 6. The van der Waals surface area contributed by atoms with Crippen LogP contribution in [-0.4, -0.2) is 72.8 Å². The van der Waals surface area contributed by atoms with Gasteiger partial charge in [0.1, 0.15) is 18.6 Å². The predicted octanol–water partition coefficient (Wildman–Crippen LogP) is 1.27. The van der Waals surface area contributed by atoms with Crippen molar-refractivity contribution in [2.75, 3.05) is 19.6 Å². The van der Waals surface area contributed by atoms with Gasteiger partial charge in [0.15, 0.2) is 0 Å².